The van der Waals surface area contributed by atoms with Crippen LogP contribution in [0.4, 0.5) is 5.00 Å². The Morgan fingerprint density at radius 1 is 1.21 bits per heavy atom. The van der Waals surface area contributed by atoms with Crippen LogP contribution in [0, 0.1) is 0 Å². The molecule has 34 heavy (non-hydrogen) atoms. The maximum absolute atomic E-state index is 13.3. The number of methoxy groups -OCH3 is 1. The smallest absolute Gasteiger partial charge is 0.338 e. The normalized spacial score (nSPS) is 18.5. The van der Waals surface area contributed by atoms with Gasteiger partial charge in [-0.2, -0.15) is 0 Å². The molecule has 0 radical (unpaired) electrons. The predicted octanol–water partition coefficient (Wildman–Crippen LogP) is 4.18. The fourth-order valence-corrected chi connectivity index (χ4v) is 6.36. The van der Waals surface area contributed by atoms with Gasteiger partial charge in [0.15, 0.2) is 0 Å². The molecule has 0 saturated carbocycles. The zero-order valence-corrected chi connectivity index (χ0v) is 20.0. The maximum atomic E-state index is 13.3. The quantitative estimate of drug-likeness (QED) is 0.553. The number of rotatable bonds is 6. The van der Waals surface area contributed by atoms with Gasteiger partial charge in [0.25, 0.3) is 5.91 Å². The lowest BCUT2D eigenvalue weighted by Gasteiger charge is -2.41. The van der Waals surface area contributed by atoms with Gasteiger partial charge in [0.05, 0.1) is 18.2 Å². The van der Waals surface area contributed by atoms with E-state index < -0.39 is 5.97 Å². The van der Waals surface area contributed by atoms with Gasteiger partial charge in [-0.25, -0.2) is 4.79 Å². The molecular weight excluding hydrogens is 450 g/mol. The minimum Gasteiger partial charge on any atom is -0.496 e. The first kappa shape index (κ1) is 22.4. The van der Waals surface area contributed by atoms with Gasteiger partial charge in [-0.1, -0.05) is 42.5 Å². The lowest BCUT2D eigenvalue weighted by Crippen LogP contribution is -2.48. The second kappa shape index (κ2) is 8.77. The molecule has 2 atom stereocenters. The summed E-state index contributed by atoms with van der Waals surface area (Å²) in [5.74, 6) is -0.453. The van der Waals surface area contributed by atoms with E-state index in [2.05, 4.69) is 24.0 Å². The molecule has 0 spiro atoms. The molecule has 8 heteroatoms. The van der Waals surface area contributed by atoms with Crippen molar-refractivity contribution >= 4 is 28.2 Å². The third-order valence-corrected chi connectivity index (χ3v) is 8.02. The van der Waals surface area contributed by atoms with Gasteiger partial charge in [0, 0.05) is 36.6 Å². The summed E-state index contributed by atoms with van der Waals surface area (Å²) < 4.78 is 5.44. The number of carbonyl (C=O) groups is 2. The van der Waals surface area contributed by atoms with E-state index in [0.717, 1.165) is 16.0 Å². The van der Waals surface area contributed by atoms with E-state index in [-0.39, 0.29) is 23.6 Å². The van der Waals surface area contributed by atoms with Crippen molar-refractivity contribution in [1.29, 1.82) is 0 Å². The molecule has 0 aliphatic carbocycles. The summed E-state index contributed by atoms with van der Waals surface area (Å²) >= 11 is 1.36. The third-order valence-electron chi connectivity index (χ3n) is 6.97. The van der Waals surface area contributed by atoms with Crippen molar-refractivity contribution in [3.8, 4) is 5.75 Å². The molecule has 176 valence electrons. The Morgan fingerprint density at radius 2 is 1.97 bits per heavy atom. The summed E-state index contributed by atoms with van der Waals surface area (Å²) in [5.41, 5.74) is 9.89. The van der Waals surface area contributed by atoms with E-state index in [9.17, 15) is 14.7 Å². The Morgan fingerprint density at radius 3 is 2.68 bits per heavy atom. The number of nitrogens with two attached hydrogens (primary N) is 1. The van der Waals surface area contributed by atoms with E-state index in [1.165, 1.54) is 16.9 Å². The molecule has 5 rings (SSSR count). The molecular formula is C26H27N3O4S. The van der Waals surface area contributed by atoms with Crippen LogP contribution in [-0.4, -0.2) is 46.5 Å². The number of carboxylic acids is 1. The number of aromatic carboxylic acids is 1. The first-order valence-electron chi connectivity index (χ1n) is 11.3. The molecule has 0 unspecified atom stereocenters. The van der Waals surface area contributed by atoms with Crippen molar-refractivity contribution in [3.05, 3.63) is 81.2 Å². The Hall–Kier alpha value is -3.36. The van der Waals surface area contributed by atoms with Crippen LogP contribution in [0.15, 0.2) is 48.5 Å². The van der Waals surface area contributed by atoms with Crippen LogP contribution in [0.3, 0.4) is 0 Å². The molecule has 2 aromatic carbocycles. The van der Waals surface area contributed by atoms with Crippen molar-refractivity contribution in [3.63, 3.8) is 0 Å². The van der Waals surface area contributed by atoms with E-state index in [1.807, 2.05) is 41.3 Å². The Bertz CT molecular complexity index is 1260. The number of nitrogens with zero attached hydrogens (tertiary/aromatic N) is 2. The number of benzene rings is 2. The highest BCUT2D eigenvalue weighted by atomic mass is 32.1. The van der Waals surface area contributed by atoms with E-state index in [1.54, 1.807) is 7.11 Å². The minimum atomic E-state index is -0.993. The molecule has 3 N–H and O–H groups in total. The van der Waals surface area contributed by atoms with Crippen molar-refractivity contribution in [1.82, 2.24) is 9.80 Å². The van der Waals surface area contributed by atoms with Crippen LogP contribution >= 0.6 is 11.3 Å². The molecule has 2 aliphatic rings. The van der Waals surface area contributed by atoms with Crippen molar-refractivity contribution in [2.45, 2.75) is 38.5 Å². The molecule has 0 fully saturated rings. The number of hydrogen-bond donors (Lipinski definition) is 2. The van der Waals surface area contributed by atoms with Gasteiger partial charge in [-0.15, -0.1) is 11.3 Å². The van der Waals surface area contributed by atoms with Gasteiger partial charge in [0.2, 0.25) is 0 Å². The Labute approximate surface area is 202 Å². The first-order chi connectivity index (χ1) is 16.4. The molecule has 1 amide bonds. The summed E-state index contributed by atoms with van der Waals surface area (Å²) in [6, 6.07) is 15.9. The molecule has 0 bridgehead atoms. The van der Waals surface area contributed by atoms with Gasteiger partial charge in [-0.3, -0.25) is 9.69 Å². The largest absolute Gasteiger partial charge is 0.496 e. The van der Waals surface area contributed by atoms with Gasteiger partial charge in [0.1, 0.15) is 10.8 Å². The summed E-state index contributed by atoms with van der Waals surface area (Å²) in [4.78, 5) is 30.5. The van der Waals surface area contributed by atoms with Crippen LogP contribution in [0.5, 0.6) is 5.75 Å². The topological polar surface area (TPSA) is 96.1 Å². The zero-order valence-electron chi connectivity index (χ0n) is 19.2. The highest BCUT2D eigenvalue weighted by Crippen LogP contribution is 2.41. The van der Waals surface area contributed by atoms with E-state index in [4.69, 9.17) is 10.5 Å². The number of fused-ring (bicyclic) bond motifs is 2. The van der Waals surface area contributed by atoms with Crippen molar-refractivity contribution < 1.29 is 19.4 Å². The average molecular weight is 478 g/mol. The Balaban J connectivity index is 1.49. The molecule has 3 aromatic rings. The van der Waals surface area contributed by atoms with Crippen LogP contribution in [-0.2, 0) is 19.5 Å². The molecule has 2 aliphatic heterocycles. The highest BCUT2D eigenvalue weighted by Gasteiger charge is 2.39. The number of nitrogen functional groups attached to an aromatic ring is 1. The molecule has 7 nitrogen and oxygen atoms in total. The molecule has 3 heterocycles. The van der Waals surface area contributed by atoms with Gasteiger partial charge in [-0.05, 0) is 36.1 Å². The standard InChI is InChI=1S/C26H27N3O4S/c1-15(16-7-4-3-5-8-16)29-14-21-19(23(26(31)32)24(27)34-21)11-18(29)13-28-12-17-9-6-10-20(33-2)22(17)25(28)30/h3-10,15,18H,11-14,27H2,1-2H3,(H,31,32)/t15-,18+/m0/s1. The highest BCUT2D eigenvalue weighted by molar-refractivity contribution is 7.16. The Kier molecular flexibility index (Phi) is 5.79. The van der Waals surface area contributed by atoms with Crippen LogP contribution in [0.1, 0.15) is 55.2 Å². The number of carboxylic acid groups (broad SMARTS) is 1. The van der Waals surface area contributed by atoms with Crippen molar-refractivity contribution in [2.24, 2.45) is 0 Å². The number of hydrogen-bond acceptors (Lipinski definition) is 6. The molecule has 0 saturated heterocycles. The van der Waals surface area contributed by atoms with E-state index in [0.29, 0.717) is 42.4 Å². The summed E-state index contributed by atoms with van der Waals surface area (Å²) in [6.07, 6.45) is 0.527. The second-order valence-corrected chi connectivity index (χ2v) is 9.98. The first-order valence-corrected chi connectivity index (χ1v) is 12.1. The average Bonchev–Trinajstić information content (AvgIpc) is 3.33. The lowest BCUT2D eigenvalue weighted by atomic mass is 9.93. The maximum Gasteiger partial charge on any atom is 0.338 e. The summed E-state index contributed by atoms with van der Waals surface area (Å²) in [5, 5.41) is 10.1. The number of ether oxygens (including phenoxy) is 1. The van der Waals surface area contributed by atoms with Gasteiger partial charge < -0.3 is 20.5 Å². The summed E-state index contributed by atoms with van der Waals surface area (Å²) in [6.45, 7) is 3.75. The van der Waals surface area contributed by atoms with E-state index >= 15 is 0 Å². The number of amides is 1. The second-order valence-electron chi connectivity index (χ2n) is 8.85. The number of carbonyl (C=O) groups excluding carboxylic acids is 1. The van der Waals surface area contributed by atoms with Crippen molar-refractivity contribution in [2.75, 3.05) is 19.4 Å². The SMILES string of the molecule is COc1cccc2c1C(=O)N(C[C@H]1Cc3c(sc(N)c3C(=O)O)CN1[C@@H](C)c1ccccc1)C2. The summed E-state index contributed by atoms with van der Waals surface area (Å²) in [7, 11) is 1.58. The zero-order chi connectivity index (χ0) is 24.0. The van der Waals surface area contributed by atoms with Crippen LogP contribution in [0.25, 0.3) is 0 Å². The van der Waals surface area contributed by atoms with Crippen LogP contribution in [0.2, 0.25) is 0 Å². The van der Waals surface area contributed by atoms with Gasteiger partial charge >= 0.3 is 5.97 Å². The number of thiophene rings is 1. The predicted molar refractivity (Wildman–Crippen MR) is 131 cm³/mol. The minimum absolute atomic E-state index is 0.0474. The molecule has 1 aromatic heterocycles. The fourth-order valence-electron chi connectivity index (χ4n) is 5.26. The van der Waals surface area contributed by atoms with Crippen LogP contribution < -0.4 is 10.5 Å². The lowest BCUT2D eigenvalue weighted by molar-refractivity contribution is 0.0594. The monoisotopic (exact) mass is 477 g/mol. The number of anilines is 1. The third kappa shape index (κ3) is 3.73. The fraction of sp³-hybridized carbons (Fsp3) is 0.308.